The third kappa shape index (κ3) is 3.07. The summed E-state index contributed by atoms with van der Waals surface area (Å²) in [6.45, 7) is 7.93. The Hall–Kier alpha value is -1.55. The van der Waals surface area contributed by atoms with Crippen LogP contribution in [0.2, 0.25) is 0 Å². The minimum absolute atomic E-state index is 0.190. The average Bonchev–Trinajstić information content (AvgIpc) is 2.22. The highest BCUT2D eigenvalue weighted by molar-refractivity contribution is 6.06. The molecule has 104 valence electrons. The van der Waals surface area contributed by atoms with Crippen molar-refractivity contribution in [1.29, 1.82) is 0 Å². The number of aryl methyl sites for hydroxylation is 1. The second-order valence-corrected chi connectivity index (χ2v) is 5.83. The molecule has 1 aliphatic heterocycles. The summed E-state index contributed by atoms with van der Waals surface area (Å²) in [4.78, 5) is 4.44. The lowest BCUT2D eigenvalue weighted by Crippen LogP contribution is -2.36. The first-order chi connectivity index (χ1) is 8.78. The molecule has 1 aromatic rings. The number of ether oxygens (including phenoxy) is 1. The van der Waals surface area contributed by atoms with Crippen molar-refractivity contribution in [3.63, 3.8) is 0 Å². The second kappa shape index (κ2) is 4.85. The van der Waals surface area contributed by atoms with E-state index in [0.717, 1.165) is 11.3 Å². The summed E-state index contributed by atoms with van der Waals surface area (Å²) >= 11 is 0. The quantitative estimate of drug-likeness (QED) is 0.861. The van der Waals surface area contributed by atoms with Crippen molar-refractivity contribution >= 4 is 5.71 Å². The van der Waals surface area contributed by atoms with E-state index in [4.69, 9.17) is 4.74 Å². The molecule has 2 N–H and O–H groups in total. The Kier molecular flexibility index (Phi) is 3.54. The van der Waals surface area contributed by atoms with E-state index < -0.39 is 6.10 Å². The maximum Gasteiger partial charge on any atom is 0.133 e. The zero-order valence-electron chi connectivity index (χ0n) is 11.9. The number of aromatic hydroxyl groups is 1. The first kappa shape index (κ1) is 13.9. The Morgan fingerprint density at radius 1 is 1.42 bits per heavy atom. The Morgan fingerprint density at radius 3 is 2.74 bits per heavy atom. The monoisotopic (exact) mass is 263 g/mol. The maximum atomic E-state index is 10.1. The highest BCUT2D eigenvalue weighted by atomic mass is 16.5. The molecule has 0 saturated carbocycles. The standard InChI is InChI=1S/C15H21NO3/c1-9-5-12(18)14-11(16-8-10(2)17)7-15(3,4)19-13(14)6-9/h5-6,10,17-18H,7-8H2,1-4H3/t10-/m1/s1. The SMILES string of the molecule is Cc1cc(O)c2c(c1)OC(C)(C)CC2=NC[C@@H](C)O. The van der Waals surface area contributed by atoms with E-state index in [-0.39, 0.29) is 11.4 Å². The zero-order valence-corrected chi connectivity index (χ0v) is 11.9. The molecule has 0 spiro atoms. The molecular formula is C15H21NO3. The van der Waals surface area contributed by atoms with Crippen LogP contribution in [-0.4, -0.2) is 34.2 Å². The molecule has 2 rings (SSSR count). The molecule has 19 heavy (non-hydrogen) atoms. The summed E-state index contributed by atoms with van der Waals surface area (Å²) < 4.78 is 5.91. The summed E-state index contributed by atoms with van der Waals surface area (Å²) in [6, 6.07) is 3.62. The number of fused-ring (bicyclic) bond motifs is 1. The Balaban J connectivity index is 2.50. The minimum Gasteiger partial charge on any atom is -0.507 e. The Morgan fingerprint density at radius 2 is 2.11 bits per heavy atom. The van der Waals surface area contributed by atoms with Crippen LogP contribution < -0.4 is 4.74 Å². The predicted octanol–water partition coefficient (Wildman–Crippen LogP) is 2.43. The van der Waals surface area contributed by atoms with Gasteiger partial charge in [-0.25, -0.2) is 0 Å². The number of hydrogen-bond acceptors (Lipinski definition) is 4. The number of benzene rings is 1. The van der Waals surface area contributed by atoms with E-state index in [0.29, 0.717) is 24.3 Å². The lowest BCUT2D eigenvalue weighted by Gasteiger charge is -2.34. The first-order valence-corrected chi connectivity index (χ1v) is 6.53. The van der Waals surface area contributed by atoms with Crippen molar-refractivity contribution < 1.29 is 14.9 Å². The molecule has 0 bridgehead atoms. The van der Waals surface area contributed by atoms with Gasteiger partial charge < -0.3 is 14.9 Å². The van der Waals surface area contributed by atoms with E-state index in [1.807, 2.05) is 26.8 Å². The fraction of sp³-hybridized carbons (Fsp3) is 0.533. The lowest BCUT2D eigenvalue weighted by atomic mass is 9.91. The zero-order chi connectivity index (χ0) is 14.2. The van der Waals surface area contributed by atoms with Gasteiger partial charge in [-0.15, -0.1) is 0 Å². The molecule has 0 unspecified atom stereocenters. The number of aliphatic hydroxyl groups excluding tert-OH is 1. The summed E-state index contributed by atoms with van der Waals surface area (Å²) in [5.41, 5.74) is 2.05. The Labute approximate surface area is 113 Å². The van der Waals surface area contributed by atoms with Crippen molar-refractivity contribution in [3.8, 4) is 11.5 Å². The Bertz CT molecular complexity index is 518. The van der Waals surface area contributed by atoms with Gasteiger partial charge in [-0.1, -0.05) is 0 Å². The molecule has 4 heteroatoms. The van der Waals surface area contributed by atoms with Crippen molar-refractivity contribution in [1.82, 2.24) is 0 Å². The number of phenols is 1. The summed E-state index contributed by atoms with van der Waals surface area (Å²) in [6.07, 6.45) is 0.123. The molecule has 0 aliphatic carbocycles. The van der Waals surface area contributed by atoms with Gasteiger partial charge in [-0.2, -0.15) is 0 Å². The van der Waals surface area contributed by atoms with E-state index in [9.17, 15) is 10.2 Å². The van der Waals surface area contributed by atoms with Gasteiger partial charge in [0.15, 0.2) is 0 Å². The number of phenolic OH excluding ortho intramolecular Hbond substituents is 1. The van der Waals surface area contributed by atoms with Crippen molar-refractivity contribution in [3.05, 3.63) is 23.3 Å². The van der Waals surface area contributed by atoms with Gasteiger partial charge in [0.25, 0.3) is 0 Å². The largest absolute Gasteiger partial charge is 0.507 e. The maximum absolute atomic E-state index is 10.1. The van der Waals surface area contributed by atoms with Crippen LogP contribution in [0.3, 0.4) is 0 Å². The normalized spacial score (nSPS) is 20.8. The van der Waals surface area contributed by atoms with Crippen molar-refractivity contribution in [2.75, 3.05) is 6.54 Å². The van der Waals surface area contributed by atoms with Gasteiger partial charge >= 0.3 is 0 Å². The highest BCUT2D eigenvalue weighted by Crippen LogP contribution is 2.39. The van der Waals surface area contributed by atoms with Crippen LogP contribution in [0.5, 0.6) is 11.5 Å². The van der Waals surface area contributed by atoms with Gasteiger partial charge in [0, 0.05) is 6.42 Å². The predicted molar refractivity (Wildman–Crippen MR) is 75.3 cm³/mol. The molecule has 1 heterocycles. The number of nitrogens with zero attached hydrogens (tertiary/aromatic N) is 1. The molecule has 0 saturated heterocycles. The van der Waals surface area contributed by atoms with Crippen LogP contribution in [0.1, 0.15) is 38.3 Å². The van der Waals surface area contributed by atoms with E-state index >= 15 is 0 Å². The number of aliphatic hydroxyl groups is 1. The molecule has 0 amide bonds. The van der Waals surface area contributed by atoms with Gasteiger partial charge in [0.05, 0.1) is 23.9 Å². The van der Waals surface area contributed by atoms with Gasteiger partial charge in [-0.05, 0) is 45.4 Å². The minimum atomic E-state index is -0.491. The third-order valence-corrected chi connectivity index (χ3v) is 3.04. The molecular weight excluding hydrogens is 242 g/mol. The average molecular weight is 263 g/mol. The summed E-state index contributed by atoms with van der Waals surface area (Å²) in [7, 11) is 0. The number of rotatable bonds is 2. The van der Waals surface area contributed by atoms with Gasteiger partial charge in [0.2, 0.25) is 0 Å². The number of hydrogen-bond donors (Lipinski definition) is 2. The van der Waals surface area contributed by atoms with E-state index in [2.05, 4.69) is 4.99 Å². The van der Waals surface area contributed by atoms with E-state index in [1.165, 1.54) is 0 Å². The first-order valence-electron chi connectivity index (χ1n) is 6.53. The fourth-order valence-corrected chi connectivity index (χ4v) is 2.31. The summed E-state index contributed by atoms with van der Waals surface area (Å²) in [5.74, 6) is 0.855. The molecule has 0 fully saturated rings. The smallest absolute Gasteiger partial charge is 0.133 e. The summed E-state index contributed by atoms with van der Waals surface area (Å²) in [5, 5.41) is 19.5. The van der Waals surface area contributed by atoms with Crippen molar-refractivity contribution in [2.24, 2.45) is 4.99 Å². The van der Waals surface area contributed by atoms with Crippen LogP contribution in [0.4, 0.5) is 0 Å². The molecule has 1 atom stereocenters. The molecule has 0 radical (unpaired) electrons. The molecule has 0 aromatic heterocycles. The van der Waals surface area contributed by atoms with E-state index in [1.54, 1.807) is 13.0 Å². The van der Waals surface area contributed by atoms with Crippen LogP contribution in [0, 0.1) is 6.92 Å². The highest BCUT2D eigenvalue weighted by Gasteiger charge is 2.33. The second-order valence-electron chi connectivity index (χ2n) is 5.83. The number of aliphatic imine (C=N–C) groups is 1. The van der Waals surface area contributed by atoms with Crippen LogP contribution >= 0.6 is 0 Å². The van der Waals surface area contributed by atoms with Gasteiger partial charge in [0.1, 0.15) is 17.1 Å². The lowest BCUT2D eigenvalue weighted by molar-refractivity contribution is 0.110. The molecule has 4 nitrogen and oxygen atoms in total. The van der Waals surface area contributed by atoms with Crippen LogP contribution in [0.25, 0.3) is 0 Å². The van der Waals surface area contributed by atoms with Gasteiger partial charge in [-0.3, -0.25) is 4.99 Å². The van der Waals surface area contributed by atoms with Crippen molar-refractivity contribution in [2.45, 2.75) is 45.8 Å². The van der Waals surface area contributed by atoms with Crippen LogP contribution in [-0.2, 0) is 0 Å². The fourth-order valence-electron chi connectivity index (χ4n) is 2.31. The topological polar surface area (TPSA) is 62.0 Å². The van der Waals surface area contributed by atoms with Crippen LogP contribution in [0.15, 0.2) is 17.1 Å². The molecule has 1 aromatic carbocycles. The third-order valence-electron chi connectivity index (χ3n) is 3.04. The molecule has 1 aliphatic rings.